The summed E-state index contributed by atoms with van der Waals surface area (Å²) in [7, 11) is 0. The fourth-order valence-electron chi connectivity index (χ4n) is 3.52. The van der Waals surface area contributed by atoms with Crippen LogP contribution in [0.1, 0.15) is 30.9 Å². The Hall–Kier alpha value is -3.67. The molecule has 6 heteroatoms. The molecule has 30 heavy (non-hydrogen) atoms. The maximum absolute atomic E-state index is 13.9. The van der Waals surface area contributed by atoms with Gasteiger partial charge in [-0.25, -0.2) is 14.0 Å². The average Bonchev–Trinajstić information content (AvgIpc) is 2.71. The molecule has 154 valence electrons. The van der Waals surface area contributed by atoms with E-state index in [2.05, 4.69) is 5.32 Å². The molecule has 0 saturated heterocycles. The van der Waals surface area contributed by atoms with Gasteiger partial charge in [0, 0.05) is 11.4 Å². The van der Waals surface area contributed by atoms with Crippen molar-refractivity contribution in [2.75, 3.05) is 6.61 Å². The van der Waals surface area contributed by atoms with E-state index in [4.69, 9.17) is 4.74 Å². The SMILES string of the molecule is CC1=C(C(=O)O)C(c2cccc(F)c2)C(C(=O)OC/C=C/c2ccccc2)=C(C)N1. The number of halogens is 1. The van der Waals surface area contributed by atoms with Crippen molar-refractivity contribution < 1.29 is 23.8 Å². The van der Waals surface area contributed by atoms with Crippen molar-refractivity contribution in [3.63, 3.8) is 0 Å². The molecule has 1 heterocycles. The topological polar surface area (TPSA) is 75.6 Å². The van der Waals surface area contributed by atoms with Gasteiger partial charge in [-0.05, 0) is 43.2 Å². The number of hydrogen-bond acceptors (Lipinski definition) is 4. The number of nitrogens with one attached hydrogen (secondary N) is 1. The van der Waals surface area contributed by atoms with Crippen LogP contribution >= 0.6 is 0 Å². The van der Waals surface area contributed by atoms with Gasteiger partial charge in [-0.3, -0.25) is 0 Å². The van der Waals surface area contributed by atoms with E-state index in [1.54, 1.807) is 26.0 Å². The molecule has 0 radical (unpaired) electrons. The molecule has 0 amide bonds. The van der Waals surface area contributed by atoms with Crippen LogP contribution < -0.4 is 5.32 Å². The zero-order valence-corrected chi connectivity index (χ0v) is 16.7. The molecule has 0 saturated carbocycles. The van der Waals surface area contributed by atoms with Crippen LogP contribution in [0.3, 0.4) is 0 Å². The molecule has 0 spiro atoms. The summed E-state index contributed by atoms with van der Waals surface area (Å²) in [6.45, 7) is 3.31. The van der Waals surface area contributed by atoms with E-state index in [1.165, 1.54) is 18.2 Å². The molecule has 1 atom stereocenters. The number of benzene rings is 2. The van der Waals surface area contributed by atoms with Crippen molar-refractivity contribution in [1.29, 1.82) is 0 Å². The maximum atomic E-state index is 13.9. The normalized spacial score (nSPS) is 16.6. The van der Waals surface area contributed by atoms with E-state index in [1.807, 2.05) is 36.4 Å². The second-order valence-corrected chi connectivity index (χ2v) is 6.91. The molecule has 2 aromatic rings. The summed E-state index contributed by atoms with van der Waals surface area (Å²) in [5.41, 5.74) is 2.35. The zero-order valence-electron chi connectivity index (χ0n) is 16.7. The summed E-state index contributed by atoms with van der Waals surface area (Å²) < 4.78 is 19.2. The molecule has 0 aliphatic carbocycles. The number of carboxylic acid groups (broad SMARTS) is 1. The highest BCUT2D eigenvalue weighted by Crippen LogP contribution is 2.38. The number of aliphatic carboxylic acids is 1. The fourth-order valence-corrected chi connectivity index (χ4v) is 3.52. The van der Waals surface area contributed by atoms with Crippen LogP contribution in [0.4, 0.5) is 4.39 Å². The molecule has 0 fully saturated rings. The minimum absolute atomic E-state index is 0.0158. The van der Waals surface area contributed by atoms with E-state index in [9.17, 15) is 19.1 Å². The van der Waals surface area contributed by atoms with Gasteiger partial charge in [0.1, 0.15) is 12.4 Å². The van der Waals surface area contributed by atoms with Crippen molar-refractivity contribution in [3.05, 3.63) is 100 Å². The maximum Gasteiger partial charge on any atom is 0.337 e. The van der Waals surface area contributed by atoms with Gasteiger partial charge in [0.25, 0.3) is 0 Å². The van der Waals surface area contributed by atoms with Gasteiger partial charge in [0.15, 0.2) is 0 Å². The van der Waals surface area contributed by atoms with Gasteiger partial charge in [-0.1, -0.05) is 48.5 Å². The van der Waals surface area contributed by atoms with Crippen molar-refractivity contribution in [2.45, 2.75) is 19.8 Å². The summed E-state index contributed by atoms with van der Waals surface area (Å²) in [5, 5.41) is 12.7. The van der Waals surface area contributed by atoms with Gasteiger partial charge >= 0.3 is 11.9 Å². The van der Waals surface area contributed by atoms with E-state index < -0.39 is 23.7 Å². The number of ether oxygens (including phenoxy) is 1. The molecular weight excluding hydrogens is 385 g/mol. The van der Waals surface area contributed by atoms with Gasteiger partial charge in [0.2, 0.25) is 0 Å². The Balaban J connectivity index is 1.88. The lowest BCUT2D eigenvalue weighted by molar-refractivity contribution is -0.138. The third-order valence-corrected chi connectivity index (χ3v) is 4.81. The Morgan fingerprint density at radius 1 is 1.07 bits per heavy atom. The number of rotatable bonds is 6. The van der Waals surface area contributed by atoms with Crippen molar-refractivity contribution in [2.24, 2.45) is 0 Å². The average molecular weight is 407 g/mol. The first kappa shape index (κ1) is 21.0. The third kappa shape index (κ3) is 4.66. The van der Waals surface area contributed by atoms with E-state index in [-0.39, 0.29) is 17.8 Å². The first-order valence-corrected chi connectivity index (χ1v) is 9.44. The molecule has 2 aromatic carbocycles. The molecule has 5 nitrogen and oxygen atoms in total. The first-order valence-electron chi connectivity index (χ1n) is 9.44. The molecular formula is C24H22FNO4. The summed E-state index contributed by atoms with van der Waals surface area (Å²) >= 11 is 0. The molecule has 0 aromatic heterocycles. The van der Waals surface area contributed by atoms with Crippen LogP contribution in [-0.2, 0) is 14.3 Å². The van der Waals surface area contributed by atoms with Crippen LogP contribution in [0.5, 0.6) is 0 Å². The highest BCUT2D eigenvalue weighted by Gasteiger charge is 2.37. The number of carbonyl (C=O) groups excluding carboxylic acids is 1. The number of esters is 1. The quantitative estimate of drug-likeness (QED) is 0.694. The van der Waals surface area contributed by atoms with Crippen LogP contribution in [0.25, 0.3) is 6.08 Å². The number of dihydropyridines is 1. The first-order chi connectivity index (χ1) is 14.4. The smallest absolute Gasteiger partial charge is 0.337 e. The lowest BCUT2D eigenvalue weighted by atomic mass is 9.80. The van der Waals surface area contributed by atoms with E-state index in [0.717, 1.165) is 5.56 Å². The van der Waals surface area contributed by atoms with Crippen molar-refractivity contribution >= 4 is 18.0 Å². The monoisotopic (exact) mass is 407 g/mol. The molecule has 1 aliphatic rings. The third-order valence-electron chi connectivity index (χ3n) is 4.81. The van der Waals surface area contributed by atoms with Crippen molar-refractivity contribution in [1.82, 2.24) is 5.32 Å². The molecule has 2 N–H and O–H groups in total. The van der Waals surface area contributed by atoms with Crippen LogP contribution in [-0.4, -0.2) is 23.7 Å². The molecule has 1 aliphatic heterocycles. The van der Waals surface area contributed by atoms with Crippen molar-refractivity contribution in [3.8, 4) is 0 Å². The second kappa shape index (κ2) is 9.22. The van der Waals surface area contributed by atoms with Gasteiger partial charge in [-0.2, -0.15) is 0 Å². The standard InChI is InChI=1S/C24H22FNO4/c1-15-20(23(27)28)22(18-11-6-12-19(25)14-18)21(16(2)26-15)24(29)30-13-7-10-17-8-4-3-5-9-17/h3-12,14,22,26H,13H2,1-2H3,(H,27,28)/b10-7+. The lowest BCUT2D eigenvalue weighted by Gasteiger charge is -2.29. The highest BCUT2D eigenvalue weighted by molar-refractivity contribution is 5.99. The Kier molecular flexibility index (Phi) is 6.47. The van der Waals surface area contributed by atoms with Gasteiger partial charge < -0.3 is 15.2 Å². The van der Waals surface area contributed by atoms with E-state index >= 15 is 0 Å². The zero-order chi connectivity index (χ0) is 21.7. The van der Waals surface area contributed by atoms with Crippen LogP contribution in [0, 0.1) is 5.82 Å². The summed E-state index contributed by atoms with van der Waals surface area (Å²) in [6.07, 6.45) is 3.53. The Labute approximate surface area is 174 Å². The van der Waals surface area contributed by atoms with Gasteiger partial charge in [-0.15, -0.1) is 0 Å². The summed E-state index contributed by atoms with van der Waals surface area (Å²) in [5.74, 6) is -3.29. The largest absolute Gasteiger partial charge is 0.478 e. The van der Waals surface area contributed by atoms with Crippen LogP contribution in [0.2, 0.25) is 0 Å². The Morgan fingerprint density at radius 2 is 1.77 bits per heavy atom. The minimum atomic E-state index is -1.18. The minimum Gasteiger partial charge on any atom is -0.478 e. The van der Waals surface area contributed by atoms with Crippen LogP contribution in [0.15, 0.2) is 83.2 Å². The summed E-state index contributed by atoms with van der Waals surface area (Å²) in [6, 6.07) is 15.1. The Morgan fingerprint density at radius 3 is 2.43 bits per heavy atom. The number of carbonyl (C=O) groups is 2. The second-order valence-electron chi connectivity index (χ2n) is 6.91. The predicted octanol–water partition coefficient (Wildman–Crippen LogP) is 4.40. The number of hydrogen-bond donors (Lipinski definition) is 2. The molecule has 1 unspecified atom stereocenters. The number of allylic oxidation sites excluding steroid dienone is 2. The molecule has 0 bridgehead atoms. The predicted molar refractivity (Wildman–Crippen MR) is 112 cm³/mol. The number of carboxylic acids is 1. The van der Waals surface area contributed by atoms with E-state index in [0.29, 0.717) is 17.0 Å². The Bertz CT molecular complexity index is 1050. The van der Waals surface area contributed by atoms with Gasteiger partial charge in [0.05, 0.1) is 17.1 Å². The fraction of sp³-hybridized carbons (Fsp3) is 0.167. The summed E-state index contributed by atoms with van der Waals surface area (Å²) in [4.78, 5) is 24.8. The highest BCUT2D eigenvalue weighted by atomic mass is 19.1. The molecule has 3 rings (SSSR count). The lowest BCUT2D eigenvalue weighted by Crippen LogP contribution is -2.31.